The van der Waals surface area contributed by atoms with Gasteiger partial charge in [0.05, 0.1) is 12.8 Å². The number of rotatable bonds is 7. The van der Waals surface area contributed by atoms with E-state index >= 15 is 0 Å². The number of amides is 1. The topological polar surface area (TPSA) is 78.5 Å². The molecule has 0 bridgehead atoms. The Kier molecular flexibility index (Phi) is 5.62. The Bertz CT molecular complexity index is 462. The first-order valence-corrected chi connectivity index (χ1v) is 9.69. The van der Waals surface area contributed by atoms with E-state index in [4.69, 9.17) is 0 Å². The highest BCUT2D eigenvalue weighted by atomic mass is 32.2. The predicted molar refractivity (Wildman–Crippen MR) is 82.3 cm³/mol. The molecule has 6 nitrogen and oxygen atoms in total. The Labute approximate surface area is 127 Å². The lowest BCUT2D eigenvalue weighted by Gasteiger charge is -2.32. The van der Waals surface area contributed by atoms with Crippen LogP contribution in [0.2, 0.25) is 0 Å². The van der Waals surface area contributed by atoms with E-state index in [-0.39, 0.29) is 11.9 Å². The Morgan fingerprint density at radius 1 is 1.33 bits per heavy atom. The second-order valence-corrected chi connectivity index (χ2v) is 8.39. The minimum Gasteiger partial charge on any atom is -0.352 e. The third-order valence-corrected chi connectivity index (χ3v) is 5.01. The first-order chi connectivity index (χ1) is 9.83. The summed E-state index contributed by atoms with van der Waals surface area (Å²) >= 11 is 0. The molecule has 0 radical (unpaired) electrons. The first kappa shape index (κ1) is 16.7. The van der Waals surface area contributed by atoms with Crippen molar-refractivity contribution in [3.8, 4) is 0 Å². The van der Waals surface area contributed by atoms with E-state index in [1.807, 2.05) is 0 Å². The molecule has 1 aliphatic heterocycles. The second-order valence-electron chi connectivity index (χ2n) is 6.56. The minimum atomic E-state index is -3.13. The average Bonchev–Trinajstić information content (AvgIpc) is 3.20. The molecule has 0 unspecified atom stereocenters. The van der Waals surface area contributed by atoms with Gasteiger partial charge < -0.3 is 5.32 Å². The molecule has 0 aromatic carbocycles. The van der Waals surface area contributed by atoms with Crippen LogP contribution in [0.5, 0.6) is 0 Å². The molecule has 122 valence electrons. The lowest BCUT2D eigenvalue weighted by molar-refractivity contribution is -0.123. The molecule has 7 heteroatoms. The van der Waals surface area contributed by atoms with Crippen LogP contribution >= 0.6 is 0 Å². The van der Waals surface area contributed by atoms with E-state index in [2.05, 4.69) is 21.9 Å². The number of carbonyl (C=O) groups is 1. The zero-order chi connectivity index (χ0) is 15.5. The number of sulfonamides is 1. The predicted octanol–water partition coefficient (Wildman–Crippen LogP) is 0.162. The average molecular weight is 317 g/mol. The van der Waals surface area contributed by atoms with Crippen LogP contribution < -0.4 is 10.0 Å². The van der Waals surface area contributed by atoms with Gasteiger partial charge in [-0.05, 0) is 51.0 Å². The van der Waals surface area contributed by atoms with Crippen LogP contribution in [-0.4, -0.2) is 57.7 Å². The fourth-order valence-corrected chi connectivity index (χ4v) is 3.49. The van der Waals surface area contributed by atoms with E-state index in [9.17, 15) is 13.2 Å². The summed E-state index contributed by atoms with van der Waals surface area (Å²) in [6, 6.07) is 0.282. The fourth-order valence-electron chi connectivity index (χ4n) is 2.95. The summed E-state index contributed by atoms with van der Waals surface area (Å²) in [6.07, 6.45) is 5.66. The van der Waals surface area contributed by atoms with E-state index < -0.39 is 10.0 Å². The van der Waals surface area contributed by atoms with Crippen molar-refractivity contribution in [3.63, 3.8) is 0 Å². The molecule has 2 N–H and O–H groups in total. The third-order valence-electron chi connectivity index (χ3n) is 4.32. The molecule has 0 spiro atoms. The summed E-state index contributed by atoms with van der Waals surface area (Å²) in [6.45, 7) is 4.67. The molecule has 21 heavy (non-hydrogen) atoms. The Morgan fingerprint density at radius 2 is 2.05 bits per heavy atom. The molecule has 1 heterocycles. The number of likely N-dealkylation sites (tertiary alicyclic amines) is 1. The van der Waals surface area contributed by atoms with Crippen LogP contribution in [0.25, 0.3) is 0 Å². The van der Waals surface area contributed by atoms with Gasteiger partial charge in [0.25, 0.3) is 0 Å². The molecule has 2 atom stereocenters. The number of nitrogens with zero attached hydrogens (tertiary/aromatic N) is 1. The SMILES string of the molecule is C[C@H](NC(=O)CN1CCC[C@@H](CNS(C)(=O)=O)C1)C1CC1. The molecule has 2 rings (SSSR count). The summed E-state index contributed by atoms with van der Waals surface area (Å²) in [5.41, 5.74) is 0. The highest BCUT2D eigenvalue weighted by Gasteiger charge is 2.29. The van der Waals surface area contributed by atoms with Crippen molar-refractivity contribution in [2.75, 3.05) is 32.4 Å². The van der Waals surface area contributed by atoms with Gasteiger partial charge in [-0.2, -0.15) is 0 Å². The van der Waals surface area contributed by atoms with E-state index in [0.29, 0.717) is 24.9 Å². The standard InChI is InChI=1S/C14H27N3O3S/c1-11(13-5-6-13)16-14(18)10-17-7-3-4-12(9-17)8-15-21(2,19)20/h11-13,15H,3-10H2,1-2H3,(H,16,18)/t11-,12-/m0/s1. The van der Waals surface area contributed by atoms with Crippen molar-refractivity contribution < 1.29 is 13.2 Å². The molecule has 1 aliphatic carbocycles. The smallest absolute Gasteiger partial charge is 0.234 e. The zero-order valence-corrected chi connectivity index (χ0v) is 13.8. The van der Waals surface area contributed by atoms with Crippen LogP contribution in [0.3, 0.4) is 0 Å². The van der Waals surface area contributed by atoms with Gasteiger partial charge in [0, 0.05) is 19.1 Å². The number of piperidine rings is 1. The summed E-state index contributed by atoms with van der Waals surface area (Å²) in [4.78, 5) is 14.1. The molecule has 2 fully saturated rings. The highest BCUT2D eigenvalue weighted by Crippen LogP contribution is 2.32. The van der Waals surface area contributed by atoms with Gasteiger partial charge in [-0.3, -0.25) is 9.69 Å². The van der Waals surface area contributed by atoms with Crippen LogP contribution in [0.1, 0.15) is 32.6 Å². The fraction of sp³-hybridized carbons (Fsp3) is 0.929. The molecule has 0 aromatic rings. The quantitative estimate of drug-likeness (QED) is 0.701. The number of hydrogen-bond donors (Lipinski definition) is 2. The van der Waals surface area contributed by atoms with Crippen molar-refractivity contribution in [1.29, 1.82) is 0 Å². The molecular formula is C14H27N3O3S. The molecule has 1 amide bonds. The molecule has 2 aliphatic rings. The van der Waals surface area contributed by atoms with Crippen LogP contribution in [-0.2, 0) is 14.8 Å². The Hall–Kier alpha value is -0.660. The van der Waals surface area contributed by atoms with E-state index in [0.717, 1.165) is 25.9 Å². The van der Waals surface area contributed by atoms with Gasteiger partial charge in [-0.1, -0.05) is 0 Å². The summed E-state index contributed by atoms with van der Waals surface area (Å²) in [7, 11) is -3.13. The lowest BCUT2D eigenvalue weighted by Crippen LogP contribution is -2.46. The summed E-state index contributed by atoms with van der Waals surface area (Å²) < 4.78 is 24.8. The maximum atomic E-state index is 12.0. The molecule has 0 aromatic heterocycles. The van der Waals surface area contributed by atoms with Gasteiger partial charge in [-0.15, -0.1) is 0 Å². The second kappa shape index (κ2) is 7.07. The maximum absolute atomic E-state index is 12.0. The van der Waals surface area contributed by atoms with Crippen molar-refractivity contribution in [2.45, 2.75) is 38.6 Å². The number of hydrogen-bond acceptors (Lipinski definition) is 4. The van der Waals surface area contributed by atoms with E-state index in [1.54, 1.807) is 0 Å². The minimum absolute atomic E-state index is 0.0890. The van der Waals surface area contributed by atoms with Crippen molar-refractivity contribution in [3.05, 3.63) is 0 Å². The number of nitrogens with one attached hydrogen (secondary N) is 2. The Morgan fingerprint density at radius 3 is 2.67 bits per heavy atom. The number of carbonyl (C=O) groups excluding carboxylic acids is 1. The monoisotopic (exact) mass is 317 g/mol. The van der Waals surface area contributed by atoms with Gasteiger partial charge in [0.2, 0.25) is 15.9 Å². The Balaban J connectivity index is 1.71. The van der Waals surface area contributed by atoms with Gasteiger partial charge in [-0.25, -0.2) is 13.1 Å². The van der Waals surface area contributed by atoms with Gasteiger partial charge >= 0.3 is 0 Å². The summed E-state index contributed by atoms with van der Waals surface area (Å²) in [5.74, 6) is 1.05. The normalized spacial score (nSPS) is 25.5. The van der Waals surface area contributed by atoms with Gasteiger partial charge in [0.1, 0.15) is 0 Å². The third kappa shape index (κ3) is 6.32. The highest BCUT2D eigenvalue weighted by molar-refractivity contribution is 7.88. The maximum Gasteiger partial charge on any atom is 0.234 e. The van der Waals surface area contributed by atoms with E-state index in [1.165, 1.54) is 19.1 Å². The van der Waals surface area contributed by atoms with Crippen LogP contribution in [0.15, 0.2) is 0 Å². The first-order valence-electron chi connectivity index (χ1n) is 7.80. The van der Waals surface area contributed by atoms with Crippen molar-refractivity contribution in [2.24, 2.45) is 11.8 Å². The zero-order valence-electron chi connectivity index (χ0n) is 13.0. The largest absolute Gasteiger partial charge is 0.352 e. The van der Waals surface area contributed by atoms with Crippen molar-refractivity contribution in [1.82, 2.24) is 14.9 Å². The van der Waals surface area contributed by atoms with Crippen molar-refractivity contribution >= 4 is 15.9 Å². The molecular weight excluding hydrogens is 290 g/mol. The summed E-state index contributed by atoms with van der Waals surface area (Å²) in [5, 5.41) is 3.07. The van der Waals surface area contributed by atoms with Crippen LogP contribution in [0, 0.1) is 11.8 Å². The van der Waals surface area contributed by atoms with Gasteiger partial charge in [0.15, 0.2) is 0 Å². The molecule has 1 saturated carbocycles. The lowest BCUT2D eigenvalue weighted by atomic mass is 9.98. The molecule has 1 saturated heterocycles. The van der Waals surface area contributed by atoms with Crippen LogP contribution in [0.4, 0.5) is 0 Å².